The number of carbonyl (C=O) groups excluding carboxylic acids is 1. The minimum absolute atomic E-state index is 0.179. The van der Waals surface area contributed by atoms with E-state index < -0.39 is 0 Å². The summed E-state index contributed by atoms with van der Waals surface area (Å²) >= 11 is 1.59. The van der Waals surface area contributed by atoms with Gasteiger partial charge in [0.1, 0.15) is 0 Å². The molecule has 1 aromatic heterocycles. The van der Waals surface area contributed by atoms with Gasteiger partial charge >= 0.3 is 0 Å². The number of carbonyl (C=O) groups is 1. The minimum Gasteiger partial charge on any atom is -0.414 e. The van der Waals surface area contributed by atoms with Crippen LogP contribution < -0.4 is 0 Å². The van der Waals surface area contributed by atoms with Gasteiger partial charge in [0.2, 0.25) is 11.8 Å². The van der Waals surface area contributed by atoms with Gasteiger partial charge in [0, 0.05) is 18.2 Å². The van der Waals surface area contributed by atoms with E-state index >= 15 is 0 Å². The molecule has 100 valence electrons. The van der Waals surface area contributed by atoms with Crippen LogP contribution in [0.15, 0.2) is 9.64 Å². The van der Waals surface area contributed by atoms with Crippen LogP contribution in [0.5, 0.6) is 0 Å². The van der Waals surface area contributed by atoms with E-state index in [4.69, 9.17) is 4.42 Å². The van der Waals surface area contributed by atoms with Gasteiger partial charge in [-0.3, -0.25) is 4.79 Å². The highest BCUT2D eigenvalue weighted by atomic mass is 32.2. The zero-order valence-electron chi connectivity index (χ0n) is 11.0. The predicted molar refractivity (Wildman–Crippen MR) is 69.1 cm³/mol. The second-order valence-corrected chi connectivity index (χ2v) is 6.28. The normalized spacial score (nSPS) is 17.8. The van der Waals surface area contributed by atoms with Crippen LogP contribution in [0, 0.1) is 5.92 Å². The van der Waals surface area contributed by atoms with E-state index in [2.05, 4.69) is 31.0 Å². The summed E-state index contributed by atoms with van der Waals surface area (Å²) in [6.45, 7) is 7.72. The summed E-state index contributed by atoms with van der Waals surface area (Å²) in [6, 6.07) is 0. The smallest absolute Gasteiger partial charge is 0.276 e. The highest BCUT2D eigenvalue weighted by molar-refractivity contribution is 7.99. The molecule has 0 aromatic carbocycles. The summed E-state index contributed by atoms with van der Waals surface area (Å²) in [6.07, 6.45) is 1.57. The first-order valence-electron chi connectivity index (χ1n) is 6.33. The summed E-state index contributed by atoms with van der Waals surface area (Å²) in [5, 5.41) is 9.04. The van der Waals surface area contributed by atoms with Gasteiger partial charge in [0.25, 0.3) is 5.22 Å². The molecule has 0 aliphatic carbocycles. The molecule has 6 heteroatoms. The first-order valence-corrected chi connectivity index (χ1v) is 7.21. The van der Waals surface area contributed by atoms with Gasteiger partial charge in [0.15, 0.2) is 0 Å². The zero-order valence-corrected chi connectivity index (χ0v) is 11.9. The first kappa shape index (κ1) is 13.4. The number of hydrogen-bond acceptors (Lipinski definition) is 5. The van der Waals surface area contributed by atoms with Gasteiger partial charge in [0.05, 0.1) is 6.54 Å². The Morgan fingerprint density at radius 3 is 2.78 bits per heavy atom. The lowest BCUT2D eigenvalue weighted by Crippen LogP contribution is -2.23. The molecule has 1 atom stereocenters. The Morgan fingerprint density at radius 1 is 1.39 bits per heavy atom. The van der Waals surface area contributed by atoms with Crippen LogP contribution in [0.25, 0.3) is 0 Å². The van der Waals surface area contributed by atoms with Crippen LogP contribution in [0.2, 0.25) is 0 Å². The second-order valence-electron chi connectivity index (χ2n) is 4.95. The summed E-state index contributed by atoms with van der Waals surface area (Å²) in [7, 11) is 0. The van der Waals surface area contributed by atoms with E-state index in [1.54, 1.807) is 16.7 Å². The van der Waals surface area contributed by atoms with Gasteiger partial charge in [-0.05, 0) is 12.3 Å². The Hall–Kier alpha value is -1.04. The van der Waals surface area contributed by atoms with Crippen molar-refractivity contribution in [2.24, 2.45) is 5.92 Å². The maximum Gasteiger partial charge on any atom is 0.276 e. The van der Waals surface area contributed by atoms with Crippen LogP contribution in [0.3, 0.4) is 0 Å². The van der Waals surface area contributed by atoms with Crippen molar-refractivity contribution in [2.45, 2.75) is 50.6 Å². The van der Waals surface area contributed by atoms with Crippen molar-refractivity contribution in [1.82, 2.24) is 15.1 Å². The third kappa shape index (κ3) is 3.25. The average molecular weight is 269 g/mol. The van der Waals surface area contributed by atoms with E-state index in [0.717, 1.165) is 13.0 Å². The molecule has 0 bridgehead atoms. The molecule has 0 spiro atoms. The lowest BCUT2D eigenvalue weighted by molar-refractivity contribution is -0.128. The average Bonchev–Trinajstić information content (AvgIpc) is 2.90. The maximum absolute atomic E-state index is 11.5. The zero-order chi connectivity index (χ0) is 13.1. The Balaban J connectivity index is 1.91. The van der Waals surface area contributed by atoms with Crippen molar-refractivity contribution in [3.05, 3.63) is 5.89 Å². The van der Waals surface area contributed by atoms with E-state index in [1.165, 1.54) is 0 Å². The summed E-state index contributed by atoms with van der Waals surface area (Å²) in [5.74, 6) is 1.27. The number of hydrogen-bond donors (Lipinski definition) is 0. The fraction of sp³-hybridized carbons (Fsp3) is 0.750. The number of nitrogens with zero attached hydrogens (tertiary/aromatic N) is 3. The number of rotatable bonds is 5. The molecule has 0 radical (unpaired) electrons. The van der Waals surface area contributed by atoms with Crippen molar-refractivity contribution in [3.8, 4) is 0 Å². The monoisotopic (exact) mass is 269 g/mol. The molecular weight excluding hydrogens is 250 g/mol. The van der Waals surface area contributed by atoms with Gasteiger partial charge in [-0.2, -0.15) is 0 Å². The molecule has 1 saturated heterocycles. The molecule has 18 heavy (non-hydrogen) atoms. The lowest BCUT2D eigenvalue weighted by atomic mass is 10.2. The van der Waals surface area contributed by atoms with Gasteiger partial charge in [-0.25, -0.2) is 0 Å². The van der Waals surface area contributed by atoms with Gasteiger partial charge in [-0.1, -0.05) is 32.5 Å². The molecule has 1 aliphatic heterocycles. The van der Waals surface area contributed by atoms with E-state index in [9.17, 15) is 4.79 Å². The third-order valence-electron chi connectivity index (χ3n) is 3.17. The van der Waals surface area contributed by atoms with E-state index in [1.807, 2.05) is 0 Å². The molecular formula is C12H19N3O2S. The van der Waals surface area contributed by atoms with Gasteiger partial charge < -0.3 is 9.32 Å². The molecule has 1 fully saturated rings. The largest absolute Gasteiger partial charge is 0.414 e. The second kappa shape index (κ2) is 5.73. The van der Waals surface area contributed by atoms with Crippen molar-refractivity contribution < 1.29 is 9.21 Å². The summed E-state index contributed by atoms with van der Waals surface area (Å²) in [5.41, 5.74) is 0. The number of aromatic nitrogens is 2. The quantitative estimate of drug-likeness (QED) is 0.768. The Kier molecular flexibility index (Phi) is 4.27. The fourth-order valence-electron chi connectivity index (χ4n) is 1.68. The van der Waals surface area contributed by atoms with Gasteiger partial charge in [-0.15, -0.1) is 10.2 Å². The molecule has 1 aromatic rings. The standard InChI is InChI=1S/C12H19N3O2S/c1-8(2)9(3)18-12-14-13-10(17-12)7-15-6-4-5-11(15)16/h8-9H,4-7H2,1-3H3. The van der Waals surface area contributed by atoms with Crippen LogP contribution in [-0.4, -0.2) is 32.8 Å². The Labute approximate surface area is 111 Å². The minimum atomic E-state index is 0.179. The third-order valence-corrected chi connectivity index (χ3v) is 4.45. The molecule has 1 unspecified atom stereocenters. The topological polar surface area (TPSA) is 59.2 Å². The first-order chi connectivity index (χ1) is 8.56. The van der Waals surface area contributed by atoms with Crippen LogP contribution in [0.4, 0.5) is 0 Å². The molecule has 5 nitrogen and oxygen atoms in total. The number of amides is 1. The Bertz CT molecular complexity index is 419. The summed E-state index contributed by atoms with van der Waals surface area (Å²) < 4.78 is 5.56. The van der Waals surface area contributed by atoms with Crippen LogP contribution in [0.1, 0.15) is 39.5 Å². The summed E-state index contributed by atoms with van der Waals surface area (Å²) in [4.78, 5) is 13.3. The number of likely N-dealkylation sites (tertiary alicyclic amines) is 1. The van der Waals surface area contributed by atoms with Crippen molar-refractivity contribution >= 4 is 17.7 Å². The molecule has 1 aliphatic rings. The van der Waals surface area contributed by atoms with Crippen molar-refractivity contribution in [1.29, 1.82) is 0 Å². The SMILES string of the molecule is CC(C)C(C)Sc1nnc(CN2CCCC2=O)o1. The predicted octanol–water partition coefficient (Wildman–Crippen LogP) is 2.33. The van der Waals surface area contributed by atoms with Crippen LogP contribution >= 0.6 is 11.8 Å². The fourth-order valence-corrected chi connectivity index (χ4v) is 2.50. The molecule has 2 rings (SSSR count). The Morgan fingerprint density at radius 2 is 2.17 bits per heavy atom. The van der Waals surface area contributed by atoms with Crippen LogP contribution in [-0.2, 0) is 11.3 Å². The highest BCUT2D eigenvalue weighted by Gasteiger charge is 2.22. The number of thioether (sulfide) groups is 1. The van der Waals surface area contributed by atoms with E-state index in [-0.39, 0.29) is 5.91 Å². The molecule has 0 saturated carbocycles. The van der Waals surface area contributed by atoms with E-state index in [0.29, 0.717) is 35.2 Å². The van der Waals surface area contributed by atoms with Crippen molar-refractivity contribution in [2.75, 3.05) is 6.54 Å². The molecule has 1 amide bonds. The van der Waals surface area contributed by atoms with Crippen molar-refractivity contribution in [3.63, 3.8) is 0 Å². The molecule has 0 N–H and O–H groups in total. The highest BCUT2D eigenvalue weighted by Crippen LogP contribution is 2.26. The molecule has 2 heterocycles. The lowest BCUT2D eigenvalue weighted by Gasteiger charge is -2.12. The maximum atomic E-state index is 11.5.